The third-order valence-electron chi connectivity index (χ3n) is 5.29. The van der Waals surface area contributed by atoms with Gasteiger partial charge in [-0.15, -0.1) is 0 Å². The zero-order chi connectivity index (χ0) is 21.5. The number of carbonyl (C=O) groups is 1. The predicted molar refractivity (Wildman–Crippen MR) is 121 cm³/mol. The number of amides is 1. The molecule has 0 bridgehead atoms. The van der Waals surface area contributed by atoms with Crippen LogP contribution in [-0.2, 0) is 13.1 Å². The fraction of sp³-hybridized carbons (Fsp3) is 0.269. The maximum absolute atomic E-state index is 12.7. The topological polar surface area (TPSA) is 50.8 Å². The van der Waals surface area contributed by atoms with Gasteiger partial charge in [-0.3, -0.25) is 9.69 Å². The lowest BCUT2D eigenvalue weighted by Crippen LogP contribution is -2.53. The highest BCUT2D eigenvalue weighted by Crippen LogP contribution is 2.24. The highest BCUT2D eigenvalue weighted by atomic mass is 16.5. The summed E-state index contributed by atoms with van der Waals surface area (Å²) >= 11 is 0. The number of hydrogen-bond acceptors (Lipinski definition) is 4. The summed E-state index contributed by atoms with van der Waals surface area (Å²) in [6.45, 7) is 5.72. The lowest BCUT2D eigenvalue weighted by molar-refractivity contribution is 0.0140. The molecule has 3 aromatic rings. The van der Waals surface area contributed by atoms with E-state index in [0.29, 0.717) is 24.5 Å². The molecule has 1 amide bonds. The number of likely N-dealkylation sites (tertiary alicyclic amines) is 1. The first-order valence-electron chi connectivity index (χ1n) is 10.7. The van der Waals surface area contributed by atoms with Crippen LogP contribution in [0.15, 0.2) is 78.9 Å². The fourth-order valence-corrected chi connectivity index (χ4v) is 3.65. The number of benzene rings is 3. The number of hydrogen-bond donors (Lipinski definition) is 1. The van der Waals surface area contributed by atoms with Gasteiger partial charge in [-0.2, -0.15) is 0 Å². The zero-order valence-electron chi connectivity index (χ0n) is 17.8. The summed E-state index contributed by atoms with van der Waals surface area (Å²) in [6, 6.07) is 25.6. The molecule has 0 spiro atoms. The van der Waals surface area contributed by atoms with E-state index < -0.39 is 0 Å². The molecule has 4 rings (SSSR count). The van der Waals surface area contributed by atoms with E-state index in [1.54, 1.807) is 0 Å². The molecule has 31 heavy (non-hydrogen) atoms. The summed E-state index contributed by atoms with van der Waals surface area (Å²) in [4.78, 5) is 15.0. The standard InChI is InChI=1S/C26H28N2O3/c1-2-30-22-14-12-21(13-15-22)17-28-18-23(19-28)31-25-11-7-6-10-24(25)26(29)27-16-20-8-4-3-5-9-20/h3-15,23H,2,16-19H2,1H3,(H,27,29). The highest BCUT2D eigenvalue weighted by Gasteiger charge is 2.29. The molecule has 3 aromatic carbocycles. The van der Waals surface area contributed by atoms with Crippen molar-refractivity contribution in [1.82, 2.24) is 10.2 Å². The fourth-order valence-electron chi connectivity index (χ4n) is 3.65. The normalized spacial score (nSPS) is 14.0. The quantitative estimate of drug-likeness (QED) is 0.566. The number of ether oxygens (including phenoxy) is 2. The molecule has 1 N–H and O–H groups in total. The molecule has 0 aliphatic carbocycles. The minimum atomic E-state index is -0.120. The molecule has 0 radical (unpaired) electrons. The number of rotatable bonds is 9. The molecule has 1 saturated heterocycles. The van der Waals surface area contributed by atoms with Crippen LogP contribution in [0.25, 0.3) is 0 Å². The average Bonchev–Trinajstić information content (AvgIpc) is 2.78. The summed E-state index contributed by atoms with van der Waals surface area (Å²) in [6.07, 6.45) is 0.0887. The number of carbonyl (C=O) groups excluding carboxylic acids is 1. The molecule has 0 aromatic heterocycles. The van der Waals surface area contributed by atoms with Crippen LogP contribution in [-0.4, -0.2) is 36.6 Å². The van der Waals surface area contributed by atoms with Crippen LogP contribution >= 0.6 is 0 Å². The Labute approximate surface area is 183 Å². The Bertz CT molecular complexity index is 983. The van der Waals surface area contributed by atoms with Crippen LogP contribution < -0.4 is 14.8 Å². The van der Waals surface area contributed by atoms with E-state index in [9.17, 15) is 4.79 Å². The Balaban J connectivity index is 1.28. The molecular formula is C26H28N2O3. The molecular weight excluding hydrogens is 388 g/mol. The summed E-state index contributed by atoms with van der Waals surface area (Å²) in [7, 11) is 0. The highest BCUT2D eigenvalue weighted by molar-refractivity contribution is 5.96. The van der Waals surface area contributed by atoms with Gasteiger partial charge >= 0.3 is 0 Å². The van der Waals surface area contributed by atoms with Crippen LogP contribution in [0.2, 0.25) is 0 Å². The number of nitrogens with one attached hydrogen (secondary N) is 1. The SMILES string of the molecule is CCOc1ccc(CN2CC(Oc3ccccc3C(=O)NCc3ccccc3)C2)cc1. The first kappa shape index (κ1) is 20.9. The van der Waals surface area contributed by atoms with E-state index in [2.05, 4.69) is 22.3 Å². The first-order valence-corrected chi connectivity index (χ1v) is 10.7. The van der Waals surface area contributed by atoms with Gasteiger partial charge in [0.25, 0.3) is 5.91 Å². The largest absolute Gasteiger partial charge is 0.494 e. The summed E-state index contributed by atoms with van der Waals surface area (Å²) in [5.41, 5.74) is 2.89. The van der Waals surface area contributed by atoms with Crippen LogP contribution in [0.4, 0.5) is 0 Å². The van der Waals surface area contributed by atoms with Crippen LogP contribution in [0.1, 0.15) is 28.4 Å². The van der Waals surface area contributed by atoms with Gasteiger partial charge in [0, 0.05) is 26.2 Å². The van der Waals surface area contributed by atoms with E-state index in [1.165, 1.54) is 5.56 Å². The smallest absolute Gasteiger partial charge is 0.255 e. The third-order valence-corrected chi connectivity index (χ3v) is 5.29. The van der Waals surface area contributed by atoms with Gasteiger partial charge in [0.1, 0.15) is 17.6 Å². The van der Waals surface area contributed by atoms with Crippen molar-refractivity contribution in [3.05, 3.63) is 95.6 Å². The van der Waals surface area contributed by atoms with Crippen molar-refractivity contribution in [2.24, 2.45) is 0 Å². The van der Waals surface area contributed by atoms with Crippen molar-refractivity contribution in [1.29, 1.82) is 0 Å². The van der Waals surface area contributed by atoms with Crippen molar-refractivity contribution >= 4 is 5.91 Å². The van der Waals surface area contributed by atoms with Gasteiger partial charge in [-0.25, -0.2) is 0 Å². The molecule has 1 aliphatic heterocycles. The minimum Gasteiger partial charge on any atom is -0.494 e. The monoisotopic (exact) mass is 416 g/mol. The number of para-hydroxylation sites is 1. The average molecular weight is 417 g/mol. The number of nitrogens with zero attached hydrogens (tertiary/aromatic N) is 1. The maximum Gasteiger partial charge on any atom is 0.255 e. The molecule has 1 heterocycles. The molecule has 1 aliphatic rings. The minimum absolute atomic E-state index is 0.0887. The maximum atomic E-state index is 12.7. The van der Waals surface area contributed by atoms with Crippen molar-refractivity contribution < 1.29 is 14.3 Å². The summed E-state index contributed by atoms with van der Waals surface area (Å²) in [5, 5.41) is 2.98. The van der Waals surface area contributed by atoms with Crippen LogP contribution in [0, 0.1) is 0 Å². The van der Waals surface area contributed by atoms with E-state index in [4.69, 9.17) is 9.47 Å². The molecule has 160 valence electrons. The molecule has 0 unspecified atom stereocenters. The van der Waals surface area contributed by atoms with Gasteiger partial charge in [0.15, 0.2) is 0 Å². The lowest BCUT2D eigenvalue weighted by atomic mass is 10.1. The van der Waals surface area contributed by atoms with Gasteiger partial charge < -0.3 is 14.8 Å². The Morgan fingerprint density at radius 1 is 0.935 bits per heavy atom. The van der Waals surface area contributed by atoms with E-state index in [0.717, 1.165) is 30.9 Å². The van der Waals surface area contributed by atoms with Crippen molar-refractivity contribution in [3.63, 3.8) is 0 Å². The second kappa shape index (κ2) is 10.1. The summed E-state index contributed by atoms with van der Waals surface area (Å²) in [5.74, 6) is 1.42. The third kappa shape index (κ3) is 5.64. The lowest BCUT2D eigenvalue weighted by Gasteiger charge is -2.39. The zero-order valence-corrected chi connectivity index (χ0v) is 17.8. The van der Waals surface area contributed by atoms with Crippen LogP contribution in [0.3, 0.4) is 0 Å². The molecule has 0 saturated carbocycles. The summed E-state index contributed by atoms with van der Waals surface area (Å²) < 4.78 is 11.6. The van der Waals surface area contributed by atoms with Crippen molar-refractivity contribution in [2.45, 2.75) is 26.1 Å². The van der Waals surface area contributed by atoms with Crippen molar-refractivity contribution in [3.8, 4) is 11.5 Å². The Morgan fingerprint density at radius 3 is 2.39 bits per heavy atom. The first-order chi connectivity index (χ1) is 15.2. The Hall–Kier alpha value is -3.31. The van der Waals surface area contributed by atoms with Crippen LogP contribution in [0.5, 0.6) is 11.5 Å². The van der Waals surface area contributed by atoms with E-state index in [-0.39, 0.29) is 12.0 Å². The Morgan fingerprint density at radius 2 is 1.65 bits per heavy atom. The second-order valence-corrected chi connectivity index (χ2v) is 7.68. The van der Waals surface area contributed by atoms with Crippen molar-refractivity contribution in [2.75, 3.05) is 19.7 Å². The molecule has 0 atom stereocenters. The van der Waals surface area contributed by atoms with Gasteiger partial charge in [0.2, 0.25) is 0 Å². The van der Waals surface area contributed by atoms with E-state index >= 15 is 0 Å². The second-order valence-electron chi connectivity index (χ2n) is 7.68. The molecule has 5 nitrogen and oxygen atoms in total. The van der Waals surface area contributed by atoms with Gasteiger partial charge in [-0.05, 0) is 42.3 Å². The predicted octanol–water partition coefficient (Wildman–Crippen LogP) is 4.28. The van der Waals surface area contributed by atoms with E-state index in [1.807, 2.05) is 73.7 Å². The Kier molecular flexibility index (Phi) is 6.85. The molecule has 5 heteroatoms. The van der Waals surface area contributed by atoms with Gasteiger partial charge in [-0.1, -0.05) is 54.6 Å². The molecule has 1 fully saturated rings. The van der Waals surface area contributed by atoms with Gasteiger partial charge in [0.05, 0.1) is 12.2 Å².